The van der Waals surface area contributed by atoms with E-state index in [0.717, 1.165) is 24.2 Å². The molecule has 0 amide bonds. The van der Waals surface area contributed by atoms with Gasteiger partial charge in [-0.05, 0) is 19.0 Å². The maximum absolute atomic E-state index is 9.25. The van der Waals surface area contributed by atoms with Crippen molar-refractivity contribution in [1.82, 2.24) is 9.38 Å². The lowest BCUT2D eigenvalue weighted by molar-refractivity contribution is 0.475. The van der Waals surface area contributed by atoms with Crippen LogP contribution in [0, 0.1) is 0 Å². The normalized spacial score (nSPS) is 10.9. The van der Waals surface area contributed by atoms with Crippen molar-refractivity contribution < 1.29 is 5.11 Å². The molecule has 0 atom stereocenters. The number of rotatable bonds is 3. The molecule has 0 aliphatic carbocycles. The van der Waals surface area contributed by atoms with Crippen LogP contribution in [0.5, 0.6) is 5.75 Å². The number of nitrogens with two attached hydrogens (primary N) is 1. The third-order valence-electron chi connectivity index (χ3n) is 2.20. The second kappa shape index (κ2) is 3.67. The molecule has 2 aromatic heterocycles. The number of imidazole rings is 1. The van der Waals surface area contributed by atoms with Crippen molar-refractivity contribution in [3.05, 3.63) is 30.4 Å². The van der Waals surface area contributed by atoms with Gasteiger partial charge < -0.3 is 15.2 Å². The monoisotopic (exact) mass is 191 g/mol. The zero-order chi connectivity index (χ0) is 9.97. The van der Waals surface area contributed by atoms with Gasteiger partial charge >= 0.3 is 0 Å². The molecule has 0 bridgehead atoms. The lowest BCUT2D eigenvalue weighted by Crippen LogP contribution is -2.02. The summed E-state index contributed by atoms with van der Waals surface area (Å²) < 4.78 is 1.97. The largest absolute Gasteiger partial charge is 0.508 e. The molecule has 74 valence electrons. The molecule has 4 heteroatoms. The van der Waals surface area contributed by atoms with Crippen LogP contribution in [0.4, 0.5) is 0 Å². The van der Waals surface area contributed by atoms with E-state index in [1.54, 1.807) is 18.3 Å². The van der Waals surface area contributed by atoms with E-state index in [1.807, 2.05) is 10.6 Å². The van der Waals surface area contributed by atoms with E-state index in [-0.39, 0.29) is 5.75 Å². The smallest absolute Gasteiger partial charge is 0.119 e. The SMILES string of the molecule is NCCCc1ncc2cc(O)ccn12. The standard InChI is InChI=1S/C10H13N3O/c11-4-1-2-10-12-7-8-6-9(14)3-5-13(8)10/h3,5-7,14H,1-2,4,11H2. The van der Waals surface area contributed by atoms with E-state index < -0.39 is 0 Å². The average Bonchev–Trinajstić information content (AvgIpc) is 2.57. The minimum atomic E-state index is 0.266. The lowest BCUT2D eigenvalue weighted by atomic mass is 10.3. The zero-order valence-corrected chi connectivity index (χ0v) is 7.85. The van der Waals surface area contributed by atoms with Crippen molar-refractivity contribution in [2.75, 3.05) is 6.54 Å². The van der Waals surface area contributed by atoms with Crippen LogP contribution in [-0.4, -0.2) is 21.0 Å². The molecule has 0 aromatic carbocycles. The minimum Gasteiger partial charge on any atom is -0.508 e. The highest BCUT2D eigenvalue weighted by molar-refractivity contribution is 5.50. The van der Waals surface area contributed by atoms with Gasteiger partial charge in [-0.1, -0.05) is 0 Å². The number of aromatic hydroxyl groups is 1. The Bertz CT molecular complexity index is 436. The summed E-state index contributed by atoms with van der Waals surface area (Å²) in [5, 5.41) is 9.25. The first kappa shape index (κ1) is 9.02. The van der Waals surface area contributed by atoms with E-state index in [9.17, 15) is 5.11 Å². The van der Waals surface area contributed by atoms with Gasteiger partial charge in [-0.2, -0.15) is 0 Å². The first-order chi connectivity index (χ1) is 6.81. The van der Waals surface area contributed by atoms with Crippen LogP contribution in [0.1, 0.15) is 12.2 Å². The van der Waals surface area contributed by atoms with E-state index in [0.29, 0.717) is 6.54 Å². The quantitative estimate of drug-likeness (QED) is 0.758. The molecule has 4 nitrogen and oxygen atoms in total. The van der Waals surface area contributed by atoms with Gasteiger partial charge in [0.2, 0.25) is 0 Å². The van der Waals surface area contributed by atoms with Gasteiger partial charge in [-0.15, -0.1) is 0 Å². The third kappa shape index (κ3) is 1.56. The van der Waals surface area contributed by atoms with Crippen LogP contribution in [0.3, 0.4) is 0 Å². The van der Waals surface area contributed by atoms with Crippen molar-refractivity contribution >= 4 is 5.52 Å². The molecule has 2 heterocycles. The van der Waals surface area contributed by atoms with Crippen LogP contribution >= 0.6 is 0 Å². The maximum atomic E-state index is 9.25. The number of aromatic nitrogens is 2. The number of hydrogen-bond acceptors (Lipinski definition) is 3. The van der Waals surface area contributed by atoms with Crippen LogP contribution in [0.2, 0.25) is 0 Å². The van der Waals surface area contributed by atoms with Crippen molar-refractivity contribution in [3.63, 3.8) is 0 Å². The summed E-state index contributed by atoms with van der Waals surface area (Å²) in [6.07, 6.45) is 5.38. The fourth-order valence-electron chi connectivity index (χ4n) is 1.49. The van der Waals surface area contributed by atoms with Crippen LogP contribution < -0.4 is 5.73 Å². The Morgan fingerprint density at radius 2 is 2.36 bits per heavy atom. The van der Waals surface area contributed by atoms with Gasteiger partial charge in [-0.3, -0.25) is 0 Å². The Balaban J connectivity index is 2.37. The molecule has 0 aliphatic heterocycles. The van der Waals surface area contributed by atoms with Crippen LogP contribution in [-0.2, 0) is 6.42 Å². The Morgan fingerprint density at radius 3 is 3.14 bits per heavy atom. The van der Waals surface area contributed by atoms with E-state index >= 15 is 0 Å². The maximum Gasteiger partial charge on any atom is 0.119 e. The summed E-state index contributed by atoms with van der Waals surface area (Å²) in [5.41, 5.74) is 6.35. The molecular weight excluding hydrogens is 178 g/mol. The van der Waals surface area contributed by atoms with Gasteiger partial charge in [-0.25, -0.2) is 4.98 Å². The highest BCUT2D eigenvalue weighted by atomic mass is 16.3. The summed E-state index contributed by atoms with van der Waals surface area (Å²) in [4.78, 5) is 4.27. The van der Waals surface area contributed by atoms with Gasteiger partial charge in [0.1, 0.15) is 11.6 Å². The highest BCUT2D eigenvalue weighted by Gasteiger charge is 2.02. The Labute approximate surface area is 82.0 Å². The summed E-state index contributed by atoms with van der Waals surface area (Å²) in [7, 11) is 0. The molecule has 2 rings (SSSR count). The number of nitrogens with zero attached hydrogens (tertiary/aromatic N) is 2. The van der Waals surface area contributed by atoms with E-state index in [2.05, 4.69) is 4.98 Å². The van der Waals surface area contributed by atoms with Crippen molar-refractivity contribution in [2.24, 2.45) is 5.73 Å². The van der Waals surface area contributed by atoms with Crippen LogP contribution in [0.25, 0.3) is 5.52 Å². The van der Waals surface area contributed by atoms with Gasteiger partial charge in [0.15, 0.2) is 0 Å². The van der Waals surface area contributed by atoms with E-state index in [1.165, 1.54) is 0 Å². The Morgan fingerprint density at radius 1 is 1.50 bits per heavy atom. The van der Waals surface area contributed by atoms with Crippen LogP contribution in [0.15, 0.2) is 24.5 Å². The molecule has 0 spiro atoms. The molecule has 3 N–H and O–H groups in total. The van der Waals surface area contributed by atoms with Crippen molar-refractivity contribution in [2.45, 2.75) is 12.8 Å². The zero-order valence-electron chi connectivity index (χ0n) is 7.85. The fourth-order valence-corrected chi connectivity index (χ4v) is 1.49. The summed E-state index contributed by atoms with van der Waals surface area (Å²) in [6, 6.07) is 3.35. The number of fused-ring (bicyclic) bond motifs is 1. The second-order valence-corrected chi connectivity index (χ2v) is 3.25. The Hall–Kier alpha value is -1.55. The summed E-state index contributed by atoms with van der Waals surface area (Å²) in [5.74, 6) is 1.26. The molecule has 0 radical (unpaired) electrons. The first-order valence-corrected chi connectivity index (χ1v) is 4.66. The van der Waals surface area contributed by atoms with E-state index in [4.69, 9.17) is 5.73 Å². The van der Waals surface area contributed by atoms with Gasteiger partial charge in [0.05, 0.1) is 11.7 Å². The molecule has 0 aliphatic rings. The average molecular weight is 191 g/mol. The minimum absolute atomic E-state index is 0.266. The topological polar surface area (TPSA) is 63.5 Å². The highest BCUT2D eigenvalue weighted by Crippen LogP contribution is 2.14. The fraction of sp³-hybridized carbons (Fsp3) is 0.300. The van der Waals surface area contributed by atoms with Gasteiger partial charge in [0.25, 0.3) is 0 Å². The number of aryl methyl sites for hydroxylation is 1. The predicted octanol–water partition coefficient (Wildman–Crippen LogP) is 0.931. The molecule has 0 saturated carbocycles. The molecule has 0 saturated heterocycles. The second-order valence-electron chi connectivity index (χ2n) is 3.25. The molecule has 0 unspecified atom stereocenters. The summed E-state index contributed by atoms with van der Waals surface area (Å²) in [6.45, 7) is 0.674. The Kier molecular flexibility index (Phi) is 2.37. The lowest BCUT2D eigenvalue weighted by Gasteiger charge is -2.00. The first-order valence-electron chi connectivity index (χ1n) is 4.66. The number of pyridine rings is 1. The molecule has 14 heavy (non-hydrogen) atoms. The predicted molar refractivity (Wildman–Crippen MR) is 54.2 cm³/mol. The molecule has 0 fully saturated rings. The number of hydrogen-bond donors (Lipinski definition) is 2. The van der Waals surface area contributed by atoms with Crippen molar-refractivity contribution in [1.29, 1.82) is 0 Å². The van der Waals surface area contributed by atoms with Gasteiger partial charge in [0, 0.05) is 18.7 Å². The molecular formula is C10H13N3O. The van der Waals surface area contributed by atoms with Crippen molar-refractivity contribution in [3.8, 4) is 5.75 Å². The summed E-state index contributed by atoms with van der Waals surface area (Å²) >= 11 is 0. The third-order valence-corrected chi connectivity index (χ3v) is 2.20. The molecule has 2 aromatic rings.